The summed E-state index contributed by atoms with van der Waals surface area (Å²) in [5, 5.41) is 3.53. The van der Waals surface area contributed by atoms with Crippen molar-refractivity contribution < 1.29 is 4.74 Å². The van der Waals surface area contributed by atoms with Crippen LogP contribution in [0.5, 0.6) is 0 Å². The largest absolute Gasteiger partial charge is 0.375 e. The summed E-state index contributed by atoms with van der Waals surface area (Å²) < 4.78 is 6.02. The van der Waals surface area contributed by atoms with Crippen LogP contribution in [0.4, 0.5) is 0 Å². The second kappa shape index (κ2) is 6.93. The van der Waals surface area contributed by atoms with E-state index in [4.69, 9.17) is 4.74 Å². The number of hydrogen-bond acceptors (Lipinski definition) is 2. The first-order valence-corrected chi connectivity index (χ1v) is 8.35. The zero-order valence-electron chi connectivity index (χ0n) is 14.4. The number of hydrogen-bond donors (Lipinski definition) is 1. The van der Waals surface area contributed by atoms with Gasteiger partial charge in [0.15, 0.2) is 0 Å². The SMILES string of the molecule is CNC(Cc1ccc(C(C)C)cc1)C1C(C)OC(C)C1C. The molecular formula is C19H31NO. The molecule has 0 aromatic heterocycles. The third kappa shape index (κ3) is 3.67. The van der Waals surface area contributed by atoms with Crippen molar-refractivity contribution in [2.75, 3.05) is 7.05 Å². The van der Waals surface area contributed by atoms with E-state index in [-0.39, 0.29) is 0 Å². The zero-order chi connectivity index (χ0) is 15.6. The first kappa shape index (κ1) is 16.5. The van der Waals surface area contributed by atoms with Crippen molar-refractivity contribution in [3.63, 3.8) is 0 Å². The number of rotatable bonds is 5. The van der Waals surface area contributed by atoms with E-state index in [0.29, 0.717) is 36.0 Å². The molecule has 0 bridgehead atoms. The van der Waals surface area contributed by atoms with Crippen molar-refractivity contribution in [3.05, 3.63) is 35.4 Å². The maximum absolute atomic E-state index is 6.02. The molecule has 1 aliphatic rings. The molecule has 5 atom stereocenters. The van der Waals surface area contributed by atoms with Gasteiger partial charge in [0.2, 0.25) is 0 Å². The highest BCUT2D eigenvalue weighted by Gasteiger charge is 2.40. The van der Waals surface area contributed by atoms with E-state index in [1.54, 1.807) is 0 Å². The Bertz CT molecular complexity index is 439. The number of ether oxygens (including phenoxy) is 1. The van der Waals surface area contributed by atoms with E-state index >= 15 is 0 Å². The average Bonchev–Trinajstić information content (AvgIpc) is 2.70. The minimum atomic E-state index is 0.336. The number of likely N-dealkylation sites (N-methyl/N-ethyl adjacent to an activating group) is 1. The van der Waals surface area contributed by atoms with Crippen LogP contribution in [0.1, 0.15) is 51.7 Å². The quantitative estimate of drug-likeness (QED) is 0.884. The predicted octanol–water partition coefficient (Wildman–Crippen LogP) is 4.00. The third-order valence-corrected chi connectivity index (χ3v) is 5.26. The van der Waals surface area contributed by atoms with Crippen LogP contribution in [-0.2, 0) is 11.2 Å². The molecule has 0 amide bonds. The Morgan fingerprint density at radius 3 is 2.10 bits per heavy atom. The summed E-state index contributed by atoms with van der Waals surface area (Å²) in [6.07, 6.45) is 1.77. The molecule has 2 nitrogen and oxygen atoms in total. The normalized spacial score (nSPS) is 30.8. The molecule has 0 radical (unpaired) electrons. The smallest absolute Gasteiger partial charge is 0.0597 e. The molecule has 1 aliphatic heterocycles. The van der Waals surface area contributed by atoms with Gasteiger partial charge in [-0.3, -0.25) is 0 Å². The van der Waals surface area contributed by atoms with Gasteiger partial charge in [0.1, 0.15) is 0 Å². The van der Waals surface area contributed by atoms with E-state index in [2.05, 4.69) is 71.2 Å². The molecule has 1 N–H and O–H groups in total. The summed E-state index contributed by atoms with van der Waals surface area (Å²) in [6.45, 7) is 11.2. The van der Waals surface area contributed by atoms with Gasteiger partial charge in [-0.15, -0.1) is 0 Å². The lowest BCUT2D eigenvalue weighted by Gasteiger charge is -2.29. The Kier molecular flexibility index (Phi) is 5.45. The number of benzene rings is 1. The van der Waals surface area contributed by atoms with Crippen molar-refractivity contribution in [2.45, 2.75) is 65.2 Å². The molecule has 1 aromatic rings. The first-order chi connectivity index (χ1) is 9.93. The predicted molar refractivity (Wildman–Crippen MR) is 89.7 cm³/mol. The molecule has 1 aromatic carbocycles. The fourth-order valence-electron chi connectivity index (χ4n) is 3.71. The van der Waals surface area contributed by atoms with Gasteiger partial charge in [-0.1, -0.05) is 45.0 Å². The van der Waals surface area contributed by atoms with Crippen LogP contribution in [0, 0.1) is 11.8 Å². The molecule has 0 saturated carbocycles. The van der Waals surface area contributed by atoms with Gasteiger partial charge in [-0.25, -0.2) is 0 Å². The summed E-state index contributed by atoms with van der Waals surface area (Å²) in [7, 11) is 2.08. The molecule has 118 valence electrons. The standard InChI is InChI=1S/C19H31NO/c1-12(2)17-9-7-16(8-10-17)11-18(20-6)19-13(3)14(4)21-15(19)5/h7-10,12-15,18-20H,11H2,1-6H3. The molecule has 1 saturated heterocycles. The van der Waals surface area contributed by atoms with Crippen molar-refractivity contribution in [1.29, 1.82) is 0 Å². The summed E-state index contributed by atoms with van der Waals surface area (Å²) in [5.74, 6) is 1.78. The van der Waals surface area contributed by atoms with Gasteiger partial charge >= 0.3 is 0 Å². The highest BCUT2D eigenvalue weighted by atomic mass is 16.5. The molecule has 1 fully saturated rings. The summed E-state index contributed by atoms with van der Waals surface area (Å²) >= 11 is 0. The molecular weight excluding hydrogens is 258 g/mol. The fourth-order valence-corrected chi connectivity index (χ4v) is 3.71. The Balaban J connectivity index is 2.08. The lowest BCUT2D eigenvalue weighted by molar-refractivity contribution is 0.0479. The Morgan fingerprint density at radius 1 is 1.05 bits per heavy atom. The lowest BCUT2D eigenvalue weighted by Crippen LogP contribution is -2.41. The second-order valence-corrected chi connectivity index (χ2v) is 6.98. The summed E-state index contributed by atoms with van der Waals surface area (Å²) in [4.78, 5) is 0. The summed E-state index contributed by atoms with van der Waals surface area (Å²) in [6, 6.07) is 9.59. The highest BCUT2D eigenvalue weighted by molar-refractivity contribution is 5.25. The van der Waals surface area contributed by atoms with E-state index in [0.717, 1.165) is 6.42 Å². The van der Waals surface area contributed by atoms with Gasteiger partial charge in [-0.05, 0) is 50.3 Å². The minimum Gasteiger partial charge on any atom is -0.375 e. The fraction of sp³-hybridized carbons (Fsp3) is 0.684. The Hall–Kier alpha value is -0.860. The first-order valence-electron chi connectivity index (χ1n) is 8.35. The van der Waals surface area contributed by atoms with Gasteiger partial charge in [-0.2, -0.15) is 0 Å². The van der Waals surface area contributed by atoms with Gasteiger partial charge in [0.05, 0.1) is 12.2 Å². The number of nitrogens with one attached hydrogen (secondary N) is 1. The maximum Gasteiger partial charge on any atom is 0.0597 e. The van der Waals surface area contributed by atoms with Crippen molar-refractivity contribution in [3.8, 4) is 0 Å². The van der Waals surface area contributed by atoms with Crippen LogP contribution in [0.3, 0.4) is 0 Å². The van der Waals surface area contributed by atoms with Crippen molar-refractivity contribution in [2.24, 2.45) is 11.8 Å². The van der Waals surface area contributed by atoms with Crippen LogP contribution < -0.4 is 5.32 Å². The minimum absolute atomic E-state index is 0.336. The Morgan fingerprint density at radius 2 is 1.67 bits per heavy atom. The topological polar surface area (TPSA) is 21.3 Å². The Labute approximate surface area is 130 Å². The van der Waals surface area contributed by atoms with E-state index in [9.17, 15) is 0 Å². The van der Waals surface area contributed by atoms with E-state index in [1.807, 2.05) is 0 Å². The second-order valence-electron chi connectivity index (χ2n) is 6.98. The maximum atomic E-state index is 6.02. The summed E-state index contributed by atoms with van der Waals surface area (Å²) in [5.41, 5.74) is 2.83. The molecule has 2 heteroatoms. The van der Waals surface area contributed by atoms with E-state index in [1.165, 1.54) is 11.1 Å². The van der Waals surface area contributed by atoms with Crippen molar-refractivity contribution >= 4 is 0 Å². The van der Waals surface area contributed by atoms with Gasteiger partial charge in [0, 0.05) is 12.0 Å². The molecule has 2 rings (SSSR count). The molecule has 21 heavy (non-hydrogen) atoms. The molecule has 0 spiro atoms. The van der Waals surface area contributed by atoms with Gasteiger partial charge < -0.3 is 10.1 Å². The van der Waals surface area contributed by atoms with Crippen LogP contribution in [-0.4, -0.2) is 25.3 Å². The third-order valence-electron chi connectivity index (χ3n) is 5.26. The van der Waals surface area contributed by atoms with Crippen LogP contribution in [0.25, 0.3) is 0 Å². The van der Waals surface area contributed by atoms with Crippen molar-refractivity contribution in [1.82, 2.24) is 5.32 Å². The molecule has 5 unspecified atom stereocenters. The van der Waals surface area contributed by atoms with Crippen LogP contribution >= 0.6 is 0 Å². The van der Waals surface area contributed by atoms with Crippen LogP contribution in [0.15, 0.2) is 24.3 Å². The average molecular weight is 289 g/mol. The lowest BCUT2D eigenvalue weighted by atomic mass is 9.81. The van der Waals surface area contributed by atoms with Gasteiger partial charge in [0.25, 0.3) is 0 Å². The molecule has 0 aliphatic carbocycles. The zero-order valence-corrected chi connectivity index (χ0v) is 14.4. The van der Waals surface area contributed by atoms with Crippen LogP contribution in [0.2, 0.25) is 0 Å². The highest BCUT2D eigenvalue weighted by Crippen LogP contribution is 2.35. The molecule has 1 heterocycles. The van der Waals surface area contributed by atoms with E-state index < -0.39 is 0 Å². The monoisotopic (exact) mass is 289 g/mol.